The van der Waals surface area contributed by atoms with Crippen molar-refractivity contribution < 1.29 is 14.6 Å². The van der Waals surface area contributed by atoms with Crippen LogP contribution in [-0.4, -0.2) is 35.9 Å². The molecule has 5 N–H and O–H groups in total. The Balaban J connectivity index is 1.74. The fraction of sp³-hybridized carbons (Fsp3) is 0.562. The lowest BCUT2D eigenvalue weighted by Crippen LogP contribution is -2.57. The van der Waals surface area contributed by atoms with Crippen molar-refractivity contribution >= 4 is 11.6 Å². The second kappa shape index (κ2) is 5.53. The van der Waals surface area contributed by atoms with Gasteiger partial charge in [0.1, 0.15) is 5.60 Å². The summed E-state index contributed by atoms with van der Waals surface area (Å²) in [6.45, 7) is 4.16. The molecule has 0 aliphatic carbocycles. The van der Waals surface area contributed by atoms with E-state index < -0.39 is 17.9 Å². The number of aliphatic hydroxyl groups is 1. The van der Waals surface area contributed by atoms with E-state index in [1.807, 2.05) is 38.1 Å². The number of para-hydroxylation sites is 1. The van der Waals surface area contributed by atoms with Crippen molar-refractivity contribution in [3.05, 3.63) is 29.8 Å². The minimum Gasteiger partial charge on any atom is -0.380 e. The summed E-state index contributed by atoms with van der Waals surface area (Å²) < 4.78 is 5.72. The molecule has 1 fully saturated rings. The van der Waals surface area contributed by atoms with E-state index in [1.165, 1.54) is 0 Å². The van der Waals surface area contributed by atoms with Crippen LogP contribution in [0.25, 0.3) is 0 Å². The number of benzene rings is 1. The number of amides is 1. The van der Waals surface area contributed by atoms with Crippen molar-refractivity contribution in [3.8, 4) is 0 Å². The van der Waals surface area contributed by atoms with Gasteiger partial charge < -0.3 is 26.2 Å². The van der Waals surface area contributed by atoms with Gasteiger partial charge in [-0.15, -0.1) is 0 Å². The van der Waals surface area contributed by atoms with E-state index in [2.05, 4.69) is 10.6 Å². The smallest absolute Gasteiger partial charge is 0.237 e. The Morgan fingerprint density at radius 3 is 2.95 bits per heavy atom. The van der Waals surface area contributed by atoms with E-state index in [9.17, 15) is 9.90 Å². The molecule has 120 valence electrons. The summed E-state index contributed by atoms with van der Waals surface area (Å²) in [5.41, 5.74) is 6.42. The topological polar surface area (TPSA) is 96.6 Å². The molecule has 0 saturated carbocycles. The maximum absolute atomic E-state index is 12.1. The van der Waals surface area contributed by atoms with Crippen molar-refractivity contribution in [2.45, 2.75) is 44.2 Å². The molecule has 22 heavy (non-hydrogen) atoms. The number of hydrogen-bond donors (Lipinski definition) is 4. The van der Waals surface area contributed by atoms with Gasteiger partial charge in [0.2, 0.25) is 5.91 Å². The van der Waals surface area contributed by atoms with Gasteiger partial charge in [0.25, 0.3) is 0 Å². The predicted molar refractivity (Wildman–Crippen MR) is 83.1 cm³/mol. The van der Waals surface area contributed by atoms with E-state index in [0.717, 1.165) is 11.3 Å². The van der Waals surface area contributed by atoms with E-state index >= 15 is 0 Å². The number of carbonyl (C=O) groups is 1. The first-order valence-electron chi connectivity index (χ1n) is 7.68. The SMILES string of the molecule is CC(C)[C@H](N)C(=O)N[C@@H]1CO[C@@H]2Nc3ccccc3[C@]2(O)C1. The van der Waals surface area contributed by atoms with Crippen LogP contribution in [0.1, 0.15) is 25.8 Å². The highest BCUT2D eigenvalue weighted by Crippen LogP contribution is 2.44. The third kappa shape index (κ3) is 2.47. The Labute approximate surface area is 130 Å². The molecule has 2 heterocycles. The summed E-state index contributed by atoms with van der Waals surface area (Å²) in [4.78, 5) is 12.1. The van der Waals surface area contributed by atoms with Gasteiger partial charge in [0.05, 0.1) is 18.7 Å². The number of nitrogens with one attached hydrogen (secondary N) is 2. The fourth-order valence-corrected chi connectivity index (χ4v) is 3.12. The van der Waals surface area contributed by atoms with Crippen LogP contribution in [0, 0.1) is 5.92 Å². The number of carbonyl (C=O) groups excluding carboxylic acids is 1. The third-order valence-electron chi connectivity index (χ3n) is 4.50. The first-order valence-corrected chi connectivity index (χ1v) is 7.68. The molecule has 3 rings (SSSR count). The summed E-state index contributed by atoms with van der Waals surface area (Å²) in [6.07, 6.45) is -0.0741. The quantitative estimate of drug-likeness (QED) is 0.653. The number of anilines is 1. The maximum atomic E-state index is 12.1. The molecule has 1 aromatic carbocycles. The normalized spacial score (nSPS) is 31.1. The van der Waals surface area contributed by atoms with Gasteiger partial charge in [-0.05, 0) is 12.0 Å². The minimum absolute atomic E-state index is 0.0641. The number of hydrogen-bond acceptors (Lipinski definition) is 5. The first kappa shape index (κ1) is 15.3. The van der Waals surface area contributed by atoms with Gasteiger partial charge >= 0.3 is 0 Å². The molecule has 0 bridgehead atoms. The van der Waals surface area contributed by atoms with E-state index in [-0.39, 0.29) is 17.9 Å². The lowest BCUT2D eigenvalue weighted by Gasteiger charge is -2.39. The van der Waals surface area contributed by atoms with Crippen LogP contribution in [0.2, 0.25) is 0 Å². The van der Waals surface area contributed by atoms with Gasteiger partial charge in [-0.3, -0.25) is 4.79 Å². The van der Waals surface area contributed by atoms with E-state index in [1.54, 1.807) is 0 Å². The molecule has 6 nitrogen and oxygen atoms in total. The molecule has 6 heteroatoms. The van der Waals surface area contributed by atoms with Crippen LogP contribution in [0.5, 0.6) is 0 Å². The number of ether oxygens (including phenoxy) is 1. The van der Waals surface area contributed by atoms with Crippen molar-refractivity contribution in [2.75, 3.05) is 11.9 Å². The average molecular weight is 305 g/mol. The molecule has 0 aromatic heterocycles. The summed E-state index contributed by atoms with van der Waals surface area (Å²) in [5.74, 6) is -0.140. The van der Waals surface area contributed by atoms with E-state index in [0.29, 0.717) is 13.0 Å². The molecule has 1 aromatic rings. The Morgan fingerprint density at radius 1 is 1.50 bits per heavy atom. The van der Waals surface area contributed by atoms with Crippen molar-refractivity contribution in [3.63, 3.8) is 0 Å². The molecular weight excluding hydrogens is 282 g/mol. The number of fused-ring (bicyclic) bond motifs is 3. The van der Waals surface area contributed by atoms with Gasteiger partial charge in [-0.25, -0.2) is 0 Å². The second-order valence-corrected chi connectivity index (χ2v) is 6.51. The van der Waals surface area contributed by atoms with E-state index in [4.69, 9.17) is 10.5 Å². The summed E-state index contributed by atoms with van der Waals surface area (Å²) in [5, 5.41) is 17.1. The molecule has 2 aliphatic rings. The molecule has 0 spiro atoms. The highest BCUT2D eigenvalue weighted by Gasteiger charge is 2.50. The largest absolute Gasteiger partial charge is 0.380 e. The number of rotatable bonds is 3. The minimum atomic E-state index is -1.13. The van der Waals surface area contributed by atoms with Crippen LogP contribution >= 0.6 is 0 Å². The predicted octanol–water partition coefficient (Wildman–Crippen LogP) is 0.514. The van der Waals surface area contributed by atoms with Gasteiger partial charge in [0.15, 0.2) is 6.23 Å². The summed E-state index contributed by atoms with van der Waals surface area (Å²) >= 11 is 0. The van der Waals surface area contributed by atoms with Gasteiger partial charge in [-0.2, -0.15) is 0 Å². The van der Waals surface area contributed by atoms with Crippen LogP contribution in [0.15, 0.2) is 24.3 Å². The Kier molecular flexibility index (Phi) is 3.84. The molecule has 0 radical (unpaired) electrons. The lowest BCUT2D eigenvalue weighted by molar-refractivity contribution is -0.147. The van der Waals surface area contributed by atoms with Crippen molar-refractivity contribution in [1.82, 2.24) is 5.32 Å². The van der Waals surface area contributed by atoms with Crippen LogP contribution < -0.4 is 16.4 Å². The second-order valence-electron chi connectivity index (χ2n) is 6.51. The summed E-state index contributed by atoms with van der Waals surface area (Å²) in [7, 11) is 0. The maximum Gasteiger partial charge on any atom is 0.237 e. The zero-order chi connectivity index (χ0) is 15.9. The monoisotopic (exact) mass is 305 g/mol. The Morgan fingerprint density at radius 2 is 2.23 bits per heavy atom. The van der Waals surface area contributed by atoms with Crippen LogP contribution in [-0.2, 0) is 15.1 Å². The Hall–Kier alpha value is -1.63. The zero-order valence-electron chi connectivity index (χ0n) is 12.9. The fourth-order valence-electron chi connectivity index (χ4n) is 3.12. The lowest BCUT2D eigenvalue weighted by atomic mass is 9.86. The molecule has 1 saturated heterocycles. The highest BCUT2D eigenvalue weighted by molar-refractivity contribution is 5.82. The van der Waals surface area contributed by atoms with Gasteiger partial charge in [-0.1, -0.05) is 32.0 Å². The van der Waals surface area contributed by atoms with Crippen molar-refractivity contribution in [1.29, 1.82) is 0 Å². The summed E-state index contributed by atoms with van der Waals surface area (Å²) in [6, 6.07) is 6.78. The molecule has 1 amide bonds. The third-order valence-corrected chi connectivity index (χ3v) is 4.50. The zero-order valence-corrected chi connectivity index (χ0v) is 12.9. The molecular formula is C16H23N3O3. The average Bonchev–Trinajstić information content (AvgIpc) is 2.78. The van der Waals surface area contributed by atoms with Crippen LogP contribution in [0.4, 0.5) is 5.69 Å². The van der Waals surface area contributed by atoms with Gasteiger partial charge in [0, 0.05) is 17.7 Å². The highest BCUT2D eigenvalue weighted by atomic mass is 16.5. The van der Waals surface area contributed by atoms with Crippen LogP contribution in [0.3, 0.4) is 0 Å². The molecule has 2 aliphatic heterocycles. The van der Waals surface area contributed by atoms with Crippen molar-refractivity contribution in [2.24, 2.45) is 11.7 Å². The Bertz CT molecular complexity index is 578. The standard InChI is InChI=1S/C16H23N3O3/c1-9(2)13(17)14(20)18-10-7-16(21)11-5-3-4-6-12(11)19-15(16)22-8-10/h3-6,9-10,13,15,19,21H,7-8,17H2,1-2H3,(H,18,20)/t10-,13-,15-,16+/m0/s1. The molecule has 4 atom stereocenters. The molecule has 0 unspecified atom stereocenters. The first-order chi connectivity index (χ1) is 10.4. The number of nitrogens with two attached hydrogens (primary N) is 1.